The maximum absolute atomic E-state index is 13.2. The van der Waals surface area contributed by atoms with Gasteiger partial charge in [0.15, 0.2) is 0 Å². The van der Waals surface area contributed by atoms with Gasteiger partial charge in [-0.2, -0.15) is 0 Å². The van der Waals surface area contributed by atoms with Crippen molar-refractivity contribution in [3.63, 3.8) is 0 Å². The number of carbonyl (C=O) groups excluding carboxylic acids is 2. The number of hydrogen-bond acceptors (Lipinski definition) is 6. The molecule has 0 spiro atoms. The monoisotopic (exact) mass is 508 g/mol. The highest BCUT2D eigenvalue weighted by atomic mass is 16.5. The Kier molecular flexibility index (Phi) is 12.7. The van der Waals surface area contributed by atoms with Crippen LogP contribution in [-0.4, -0.2) is 69.7 Å². The lowest BCUT2D eigenvalue weighted by molar-refractivity contribution is -0.122. The van der Waals surface area contributed by atoms with Crippen molar-refractivity contribution in [2.45, 2.75) is 32.2 Å². The quantitative estimate of drug-likeness (QED) is 0.267. The number of aliphatic hydroxyl groups excluding tert-OH is 1. The standard InChI is InChI=1S/C29H36N2O6/c32-16-18-36-20-22-37-21-19-35-17-15-30-28(33)11-5-6-12-29(34)31-23-26-9-2-1-7-24(26)13-14-25-8-3-4-10-27(25)31/h1-4,7-10,32H,5-6,11-12,15-23H2,(H,30,33). The first-order chi connectivity index (χ1) is 18.2. The van der Waals surface area contributed by atoms with Crippen LogP contribution in [0.4, 0.5) is 5.69 Å². The third-order valence-corrected chi connectivity index (χ3v) is 5.77. The molecular formula is C29H36N2O6. The second-order valence-corrected chi connectivity index (χ2v) is 8.52. The highest BCUT2D eigenvalue weighted by Gasteiger charge is 2.20. The minimum absolute atomic E-state index is 0.00599. The summed E-state index contributed by atoms with van der Waals surface area (Å²) in [7, 11) is 0. The number of anilines is 1. The lowest BCUT2D eigenvalue weighted by atomic mass is 10.0. The minimum Gasteiger partial charge on any atom is -0.394 e. The summed E-state index contributed by atoms with van der Waals surface area (Å²) in [5.74, 6) is 6.42. The Morgan fingerprint density at radius 2 is 1.43 bits per heavy atom. The molecule has 0 saturated carbocycles. The molecule has 2 aromatic carbocycles. The number of benzene rings is 2. The van der Waals surface area contributed by atoms with Crippen LogP contribution in [0.1, 0.15) is 42.4 Å². The molecule has 0 radical (unpaired) electrons. The van der Waals surface area contributed by atoms with Crippen molar-refractivity contribution in [3.8, 4) is 11.8 Å². The van der Waals surface area contributed by atoms with Gasteiger partial charge in [-0.15, -0.1) is 0 Å². The fourth-order valence-electron chi connectivity index (χ4n) is 3.86. The Bertz CT molecular complexity index is 1060. The number of hydrogen-bond donors (Lipinski definition) is 2. The van der Waals surface area contributed by atoms with E-state index in [9.17, 15) is 9.59 Å². The third-order valence-electron chi connectivity index (χ3n) is 5.77. The number of nitrogens with one attached hydrogen (secondary N) is 1. The molecule has 2 aromatic rings. The number of rotatable bonds is 16. The van der Waals surface area contributed by atoms with E-state index in [0.717, 1.165) is 22.4 Å². The largest absolute Gasteiger partial charge is 0.394 e. The maximum Gasteiger partial charge on any atom is 0.227 e. The van der Waals surface area contributed by atoms with Crippen LogP contribution >= 0.6 is 0 Å². The van der Waals surface area contributed by atoms with E-state index in [0.29, 0.717) is 78.4 Å². The van der Waals surface area contributed by atoms with Gasteiger partial charge < -0.3 is 29.5 Å². The van der Waals surface area contributed by atoms with Gasteiger partial charge in [-0.3, -0.25) is 9.59 Å². The van der Waals surface area contributed by atoms with E-state index in [1.807, 2.05) is 53.4 Å². The summed E-state index contributed by atoms with van der Waals surface area (Å²) >= 11 is 0. The number of ether oxygens (including phenoxy) is 3. The van der Waals surface area contributed by atoms with Crippen molar-refractivity contribution in [2.75, 3.05) is 57.7 Å². The minimum atomic E-state index is -0.0471. The van der Waals surface area contributed by atoms with Crippen LogP contribution in [0.15, 0.2) is 48.5 Å². The van der Waals surface area contributed by atoms with Crippen molar-refractivity contribution in [3.05, 3.63) is 65.2 Å². The SMILES string of the molecule is O=C(CCCCC(=O)N1Cc2ccccc2C#Cc2ccccc21)NCCOCCOCCOCCO. The molecule has 3 rings (SSSR count). The Balaban J connectivity index is 1.32. The van der Waals surface area contributed by atoms with Crippen molar-refractivity contribution in [2.24, 2.45) is 0 Å². The predicted octanol–water partition coefficient (Wildman–Crippen LogP) is 2.65. The van der Waals surface area contributed by atoms with Gasteiger partial charge in [0.25, 0.3) is 0 Å². The van der Waals surface area contributed by atoms with E-state index in [2.05, 4.69) is 17.2 Å². The number of aliphatic hydroxyl groups is 1. The molecule has 8 nitrogen and oxygen atoms in total. The van der Waals surface area contributed by atoms with E-state index in [-0.39, 0.29) is 18.4 Å². The van der Waals surface area contributed by atoms with E-state index < -0.39 is 0 Å². The summed E-state index contributed by atoms with van der Waals surface area (Å²) in [4.78, 5) is 27.1. The Labute approximate surface area is 218 Å². The van der Waals surface area contributed by atoms with Gasteiger partial charge in [0.1, 0.15) is 0 Å². The Hall–Kier alpha value is -3.22. The predicted molar refractivity (Wildman–Crippen MR) is 141 cm³/mol. The van der Waals surface area contributed by atoms with Crippen LogP contribution in [0.25, 0.3) is 0 Å². The third kappa shape index (κ3) is 9.98. The molecule has 1 aliphatic rings. The zero-order valence-electron chi connectivity index (χ0n) is 21.2. The van der Waals surface area contributed by atoms with Crippen LogP contribution in [0.5, 0.6) is 0 Å². The second kappa shape index (κ2) is 16.5. The van der Waals surface area contributed by atoms with Gasteiger partial charge >= 0.3 is 0 Å². The highest BCUT2D eigenvalue weighted by Crippen LogP contribution is 2.26. The second-order valence-electron chi connectivity index (χ2n) is 8.52. The van der Waals surface area contributed by atoms with Gasteiger partial charge in [-0.1, -0.05) is 42.2 Å². The first kappa shape index (κ1) is 28.4. The number of amides is 2. The molecule has 198 valence electrons. The number of nitrogens with zero attached hydrogens (tertiary/aromatic N) is 1. The smallest absolute Gasteiger partial charge is 0.227 e. The molecule has 0 aliphatic carbocycles. The van der Waals surface area contributed by atoms with Crippen LogP contribution in [0.3, 0.4) is 0 Å². The van der Waals surface area contributed by atoms with Crippen molar-refractivity contribution >= 4 is 17.5 Å². The summed E-state index contributed by atoms with van der Waals surface area (Å²) in [6.07, 6.45) is 2.01. The molecule has 1 heterocycles. The van der Waals surface area contributed by atoms with Gasteiger partial charge in [0.2, 0.25) is 11.8 Å². The Morgan fingerprint density at radius 3 is 2.22 bits per heavy atom. The molecule has 2 N–H and O–H groups in total. The molecule has 0 bridgehead atoms. The lowest BCUT2D eigenvalue weighted by Gasteiger charge is -2.26. The van der Waals surface area contributed by atoms with Crippen molar-refractivity contribution in [1.82, 2.24) is 5.32 Å². The van der Waals surface area contributed by atoms with E-state index in [1.165, 1.54) is 0 Å². The summed E-state index contributed by atoms with van der Waals surface area (Å²) in [6.45, 7) is 3.42. The molecule has 0 unspecified atom stereocenters. The van der Waals surface area contributed by atoms with Crippen LogP contribution < -0.4 is 10.2 Å². The van der Waals surface area contributed by atoms with Gasteiger partial charge in [0.05, 0.1) is 58.5 Å². The zero-order chi connectivity index (χ0) is 26.1. The van der Waals surface area contributed by atoms with E-state index in [4.69, 9.17) is 19.3 Å². The molecule has 2 amide bonds. The topological polar surface area (TPSA) is 97.3 Å². The fraction of sp³-hybridized carbons (Fsp3) is 0.448. The molecule has 0 aromatic heterocycles. The Morgan fingerprint density at radius 1 is 0.811 bits per heavy atom. The van der Waals surface area contributed by atoms with Crippen molar-refractivity contribution < 1.29 is 28.9 Å². The van der Waals surface area contributed by atoms with Crippen LogP contribution in [0, 0.1) is 11.8 Å². The van der Waals surface area contributed by atoms with Gasteiger partial charge in [0, 0.05) is 30.5 Å². The summed E-state index contributed by atoms with van der Waals surface area (Å²) < 4.78 is 15.8. The van der Waals surface area contributed by atoms with Crippen LogP contribution in [0.2, 0.25) is 0 Å². The molecule has 0 atom stereocenters. The van der Waals surface area contributed by atoms with E-state index in [1.54, 1.807) is 0 Å². The fourth-order valence-corrected chi connectivity index (χ4v) is 3.86. The summed E-state index contributed by atoms with van der Waals surface area (Å²) in [6, 6.07) is 15.6. The number of unbranched alkanes of at least 4 members (excludes halogenated alkanes) is 1. The molecule has 37 heavy (non-hydrogen) atoms. The average Bonchev–Trinajstić information content (AvgIpc) is 2.91. The number of carbonyl (C=O) groups is 2. The normalized spacial score (nSPS) is 12.0. The molecule has 1 aliphatic heterocycles. The number of para-hydroxylation sites is 1. The first-order valence-corrected chi connectivity index (χ1v) is 12.8. The van der Waals surface area contributed by atoms with E-state index >= 15 is 0 Å². The average molecular weight is 509 g/mol. The number of fused-ring (bicyclic) bond motifs is 2. The van der Waals surface area contributed by atoms with Gasteiger partial charge in [-0.05, 0) is 36.6 Å². The molecule has 0 fully saturated rings. The maximum atomic E-state index is 13.2. The molecule has 0 saturated heterocycles. The lowest BCUT2D eigenvalue weighted by Crippen LogP contribution is -2.31. The van der Waals surface area contributed by atoms with Crippen LogP contribution in [-0.2, 0) is 30.3 Å². The highest BCUT2D eigenvalue weighted by molar-refractivity contribution is 5.95. The summed E-state index contributed by atoms with van der Waals surface area (Å²) in [5.41, 5.74) is 3.63. The first-order valence-electron chi connectivity index (χ1n) is 12.8. The molecular weight excluding hydrogens is 472 g/mol. The van der Waals surface area contributed by atoms with Gasteiger partial charge in [-0.25, -0.2) is 0 Å². The summed E-state index contributed by atoms with van der Waals surface area (Å²) in [5, 5.41) is 11.4. The van der Waals surface area contributed by atoms with Crippen molar-refractivity contribution in [1.29, 1.82) is 0 Å². The molecule has 8 heteroatoms. The zero-order valence-corrected chi connectivity index (χ0v) is 21.2.